The summed E-state index contributed by atoms with van der Waals surface area (Å²) in [5.74, 6) is -6.21. The third-order valence-electron chi connectivity index (χ3n) is 7.88. The third kappa shape index (κ3) is 3.95. The Hall–Kier alpha value is -4.57. The molecule has 39 heavy (non-hydrogen) atoms. The highest BCUT2D eigenvalue weighted by atomic mass is 16.5. The quantitative estimate of drug-likeness (QED) is 0.314. The van der Waals surface area contributed by atoms with Gasteiger partial charge in [0.1, 0.15) is 22.8 Å². The van der Waals surface area contributed by atoms with Crippen molar-refractivity contribution >= 4 is 29.3 Å². The summed E-state index contributed by atoms with van der Waals surface area (Å²) in [4.78, 5) is 37.8. The van der Waals surface area contributed by atoms with Crippen molar-refractivity contribution < 1.29 is 44.7 Å². The summed E-state index contributed by atoms with van der Waals surface area (Å²) >= 11 is 0. The number of nitrogens with two attached hydrogens (primary N) is 1. The van der Waals surface area contributed by atoms with Crippen molar-refractivity contribution in [3.05, 3.63) is 75.6 Å². The molecular formula is C29H27NO9. The van der Waals surface area contributed by atoms with Gasteiger partial charge in [0.05, 0.1) is 12.7 Å². The van der Waals surface area contributed by atoms with Gasteiger partial charge in [-0.1, -0.05) is 24.3 Å². The van der Waals surface area contributed by atoms with Crippen molar-refractivity contribution in [2.45, 2.75) is 31.3 Å². The van der Waals surface area contributed by atoms with E-state index in [1.165, 1.54) is 19.2 Å². The Morgan fingerprint density at radius 1 is 1.10 bits per heavy atom. The summed E-state index contributed by atoms with van der Waals surface area (Å²) < 4.78 is 5.14. The van der Waals surface area contributed by atoms with Gasteiger partial charge in [-0.15, -0.1) is 0 Å². The molecule has 2 aromatic rings. The Labute approximate surface area is 223 Å². The molecule has 0 spiro atoms. The number of amides is 1. The summed E-state index contributed by atoms with van der Waals surface area (Å²) in [5.41, 5.74) is 3.80. The summed E-state index contributed by atoms with van der Waals surface area (Å²) in [6.07, 6.45) is 4.09. The van der Waals surface area contributed by atoms with E-state index in [1.807, 2.05) is 12.2 Å². The largest absolute Gasteiger partial charge is 0.508 e. The molecule has 0 radical (unpaired) electrons. The average Bonchev–Trinajstić information content (AvgIpc) is 2.88. The maximum Gasteiger partial charge on any atom is 0.255 e. The number of benzene rings is 2. The summed E-state index contributed by atoms with van der Waals surface area (Å²) in [6.45, 7) is 0. The van der Waals surface area contributed by atoms with E-state index in [0.29, 0.717) is 23.3 Å². The van der Waals surface area contributed by atoms with Gasteiger partial charge in [0.2, 0.25) is 5.78 Å². The number of aliphatic hydroxyl groups excluding tert-OH is 2. The number of carbonyl (C=O) groups excluding carboxylic acids is 3. The van der Waals surface area contributed by atoms with Crippen LogP contribution in [0.3, 0.4) is 0 Å². The number of primary amides is 1. The number of methoxy groups -OCH3 is 1. The zero-order valence-corrected chi connectivity index (χ0v) is 21.0. The lowest BCUT2D eigenvalue weighted by Gasteiger charge is -2.46. The fourth-order valence-corrected chi connectivity index (χ4v) is 5.97. The van der Waals surface area contributed by atoms with E-state index < -0.39 is 52.0 Å². The van der Waals surface area contributed by atoms with Crippen molar-refractivity contribution in [1.29, 1.82) is 0 Å². The van der Waals surface area contributed by atoms with Crippen molar-refractivity contribution in [3.8, 4) is 17.2 Å². The Kier molecular flexibility index (Phi) is 6.22. The highest BCUT2D eigenvalue weighted by Crippen LogP contribution is 2.52. The zero-order valence-electron chi connectivity index (χ0n) is 21.0. The smallest absolute Gasteiger partial charge is 0.255 e. The standard InChI is InChI=1S/C29H27NO9/c1-39-21-9-13(5-7-18(21)31)3-2-4-14-6-8-19(32)23-17(14)11-15-10-16-12-20(33)24(28(30)37)27(36)29(16,38)26(35)22(15)25(23)34/h2,4-9,15-16,31-32,34,36,38H,3,10-12H2,1H3,(H2,30,37)/b4-2-/t15-,16+,29+/m1/s1. The van der Waals surface area contributed by atoms with Crippen molar-refractivity contribution in [2.24, 2.45) is 17.6 Å². The highest BCUT2D eigenvalue weighted by molar-refractivity contribution is 6.22. The average molecular weight is 534 g/mol. The molecule has 1 saturated carbocycles. The van der Waals surface area contributed by atoms with Gasteiger partial charge in [0.15, 0.2) is 22.9 Å². The van der Waals surface area contributed by atoms with Crippen molar-refractivity contribution in [2.75, 3.05) is 7.11 Å². The van der Waals surface area contributed by atoms with Gasteiger partial charge in [-0.05, 0) is 60.1 Å². The minimum Gasteiger partial charge on any atom is -0.508 e. The van der Waals surface area contributed by atoms with Gasteiger partial charge in [-0.25, -0.2) is 0 Å². The minimum atomic E-state index is -2.59. The van der Waals surface area contributed by atoms with Crippen LogP contribution in [0.25, 0.3) is 11.8 Å². The monoisotopic (exact) mass is 533 g/mol. The molecule has 2 aromatic carbocycles. The van der Waals surface area contributed by atoms with Crippen LogP contribution in [0.1, 0.15) is 35.1 Å². The molecule has 5 rings (SSSR count). The fourth-order valence-electron chi connectivity index (χ4n) is 5.97. The second kappa shape index (κ2) is 9.32. The number of Topliss-reactive ketones (excluding diaryl/α,β-unsaturated/α-hetero) is 2. The second-order valence-corrected chi connectivity index (χ2v) is 10.0. The first-order chi connectivity index (χ1) is 18.5. The molecule has 7 N–H and O–H groups in total. The van der Waals surface area contributed by atoms with Gasteiger partial charge in [0, 0.05) is 17.9 Å². The summed E-state index contributed by atoms with van der Waals surface area (Å²) in [5, 5.41) is 53.6. The van der Waals surface area contributed by atoms with Crippen LogP contribution < -0.4 is 10.5 Å². The van der Waals surface area contributed by atoms with E-state index >= 15 is 0 Å². The molecule has 1 fully saturated rings. The Morgan fingerprint density at radius 2 is 1.82 bits per heavy atom. The third-order valence-corrected chi connectivity index (χ3v) is 7.88. The fraction of sp³-hybridized carbons (Fsp3) is 0.276. The normalized spacial score (nSPS) is 24.5. The molecule has 3 aliphatic rings. The molecule has 202 valence electrons. The van der Waals surface area contributed by atoms with E-state index in [0.717, 1.165) is 5.56 Å². The number of ketones is 2. The van der Waals surface area contributed by atoms with Crippen LogP contribution in [0, 0.1) is 11.8 Å². The molecule has 3 atom stereocenters. The van der Waals surface area contributed by atoms with Crippen LogP contribution in [0.2, 0.25) is 0 Å². The van der Waals surface area contributed by atoms with Gasteiger partial charge < -0.3 is 36.0 Å². The first-order valence-corrected chi connectivity index (χ1v) is 12.3. The predicted octanol–water partition coefficient (Wildman–Crippen LogP) is 2.39. The maximum absolute atomic E-state index is 13.6. The van der Waals surface area contributed by atoms with E-state index in [1.54, 1.807) is 18.2 Å². The van der Waals surface area contributed by atoms with E-state index in [2.05, 4.69) is 0 Å². The number of aromatic hydroxyl groups is 2. The lowest BCUT2D eigenvalue weighted by molar-refractivity contribution is -0.147. The first-order valence-electron chi connectivity index (χ1n) is 12.3. The van der Waals surface area contributed by atoms with Crippen LogP contribution >= 0.6 is 0 Å². The summed E-state index contributed by atoms with van der Waals surface area (Å²) in [7, 11) is 1.46. The topological polar surface area (TPSA) is 188 Å². The van der Waals surface area contributed by atoms with Crippen molar-refractivity contribution in [3.63, 3.8) is 0 Å². The first kappa shape index (κ1) is 26.1. The minimum absolute atomic E-state index is 0.0270. The second-order valence-electron chi connectivity index (χ2n) is 10.0. The highest BCUT2D eigenvalue weighted by Gasteiger charge is 2.60. The molecule has 1 amide bonds. The maximum atomic E-state index is 13.6. The molecule has 0 unspecified atom stereocenters. The number of rotatable bonds is 5. The van der Waals surface area contributed by atoms with Crippen LogP contribution in [0.15, 0.2) is 53.3 Å². The summed E-state index contributed by atoms with van der Waals surface area (Å²) in [6, 6.07) is 8.06. The van der Waals surface area contributed by atoms with Crippen LogP contribution in [0.4, 0.5) is 0 Å². The number of ether oxygens (including phenoxy) is 1. The number of phenols is 2. The van der Waals surface area contributed by atoms with Gasteiger partial charge in [-0.3, -0.25) is 14.4 Å². The number of carbonyl (C=O) groups is 3. The molecule has 0 aliphatic heterocycles. The zero-order chi connectivity index (χ0) is 28.2. The molecule has 3 aliphatic carbocycles. The van der Waals surface area contributed by atoms with Gasteiger partial charge >= 0.3 is 0 Å². The molecule has 10 heteroatoms. The van der Waals surface area contributed by atoms with E-state index in [-0.39, 0.29) is 41.9 Å². The van der Waals surface area contributed by atoms with Gasteiger partial charge in [0.25, 0.3) is 5.91 Å². The number of hydrogen-bond acceptors (Lipinski definition) is 9. The number of hydrogen-bond donors (Lipinski definition) is 6. The van der Waals surface area contributed by atoms with Crippen molar-refractivity contribution in [1.82, 2.24) is 0 Å². The van der Waals surface area contributed by atoms with Crippen LogP contribution in [0.5, 0.6) is 17.2 Å². The number of aliphatic hydroxyl groups is 3. The molecule has 0 saturated heterocycles. The van der Waals surface area contributed by atoms with Crippen LogP contribution in [-0.2, 0) is 27.2 Å². The molecule has 0 heterocycles. The van der Waals surface area contributed by atoms with E-state index in [4.69, 9.17) is 10.5 Å². The molecular weight excluding hydrogens is 506 g/mol. The Bertz CT molecular complexity index is 1530. The SMILES string of the molecule is COc1cc(C/C=C\c2ccc(O)c3c2C[C@H]2C[C@H]4CC(=O)C(C(N)=O)=C(O)[C@@]4(O)C(=O)C2=C3O)ccc1O. The lowest BCUT2D eigenvalue weighted by Crippen LogP contribution is -2.58. The van der Waals surface area contributed by atoms with Crippen LogP contribution in [-0.4, -0.2) is 55.7 Å². The number of fused-ring (bicyclic) bond motifs is 3. The van der Waals surface area contributed by atoms with E-state index in [9.17, 15) is 39.9 Å². The lowest BCUT2D eigenvalue weighted by atomic mass is 9.59. The molecule has 0 aromatic heterocycles. The Morgan fingerprint density at radius 3 is 2.51 bits per heavy atom. The number of allylic oxidation sites excluding steroid dienone is 1. The Balaban J connectivity index is 1.54. The van der Waals surface area contributed by atoms with Gasteiger partial charge in [-0.2, -0.15) is 0 Å². The molecule has 0 bridgehead atoms. The molecule has 10 nitrogen and oxygen atoms in total. The predicted molar refractivity (Wildman–Crippen MR) is 139 cm³/mol. The number of phenolic OH excluding ortho intramolecular Hbond substituents is 2.